The number of Topliss-reactive ketones (excluding diaryl/α,β-unsaturated/α-hetero) is 1. The Kier molecular flexibility index (Phi) is 5.71. The smallest absolute Gasteiger partial charge is 0.242 e. The molecule has 0 spiro atoms. The summed E-state index contributed by atoms with van der Waals surface area (Å²) in [6.45, 7) is 4.74. The number of aryl methyl sites for hydroxylation is 1. The molecule has 6 nitrogen and oxygen atoms in total. The van der Waals surface area contributed by atoms with Crippen molar-refractivity contribution in [1.82, 2.24) is 4.72 Å². The molecule has 1 amide bonds. The van der Waals surface area contributed by atoms with Gasteiger partial charge < -0.3 is 5.32 Å². The Morgan fingerprint density at radius 2 is 1.68 bits per heavy atom. The summed E-state index contributed by atoms with van der Waals surface area (Å²) in [6, 6.07) is 11.8. The van der Waals surface area contributed by atoms with E-state index in [1.165, 1.54) is 26.0 Å². The highest BCUT2D eigenvalue weighted by atomic mass is 32.2. The summed E-state index contributed by atoms with van der Waals surface area (Å²) in [6.07, 6.45) is 0. The molecular formula is C18H20N2O4S. The van der Waals surface area contributed by atoms with Gasteiger partial charge in [0.1, 0.15) is 0 Å². The molecule has 0 aliphatic rings. The molecule has 0 saturated heterocycles. The summed E-state index contributed by atoms with van der Waals surface area (Å²) in [5.41, 5.74) is 1.83. The second kappa shape index (κ2) is 7.58. The minimum absolute atomic E-state index is 0.0938. The van der Waals surface area contributed by atoms with Crippen LogP contribution in [0.4, 0.5) is 5.69 Å². The Morgan fingerprint density at radius 1 is 1.04 bits per heavy atom. The van der Waals surface area contributed by atoms with Crippen molar-refractivity contribution in [3.05, 3.63) is 59.7 Å². The molecule has 0 aromatic heterocycles. The maximum atomic E-state index is 12.3. The van der Waals surface area contributed by atoms with Gasteiger partial charge in [-0.3, -0.25) is 9.59 Å². The number of amides is 1. The largest absolute Gasteiger partial charge is 0.325 e. The summed E-state index contributed by atoms with van der Waals surface area (Å²) in [5, 5.41) is 2.60. The number of rotatable bonds is 6. The van der Waals surface area contributed by atoms with Crippen molar-refractivity contribution in [2.45, 2.75) is 31.7 Å². The molecule has 0 heterocycles. The lowest BCUT2D eigenvalue weighted by atomic mass is 10.1. The van der Waals surface area contributed by atoms with Crippen LogP contribution in [-0.2, 0) is 14.8 Å². The van der Waals surface area contributed by atoms with E-state index < -0.39 is 22.0 Å². The third-order valence-corrected chi connectivity index (χ3v) is 5.15. The second-order valence-corrected chi connectivity index (χ2v) is 7.50. The zero-order valence-electron chi connectivity index (χ0n) is 14.2. The fraction of sp³-hybridized carbons (Fsp3) is 0.222. The van der Waals surface area contributed by atoms with Crippen molar-refractivity contribution in [2.75, 3.05) is 5.32 Å². The van der Waals surface area contributed by atoms with Crippen molar-refractivity contribution in [2.24, 2.45) is 0 Å². The van der Waals surface area contributed by atoms with Gasteiger partial charge in [-0.05, 0) is 45.0 Å². The Hall–Kier alpha value is -2.51. The first-order valence-electron chi connectivity index (χ1n) is 7.70. The molecule has 0 saturated carbocycles. The van der Waals surface area contributed by atoms with Crippen LogP contribution in [-0.4, -0.2) is 26.2 Å². The normalized spacial score (nSPS) is 12.4. The number of anilines is 1. The Bertz CT molecular complexity index is 890. The lowest BCUT2D eigenvalue weighted by molar-refractivity contribution is -0.117. The zero-order valence-corrected chi connectivity index (χ0v) is 15.1. The van der Waals surface area contributed by atoms with Crippen molar-refractivity contribution in [3.63, 3.8) is 0 Å². The van der Waals surface area contributed by atoms with E-state index in [1.54, 1.807) is 36.4 Å². The van der Waals surface area contributed by atoms with Crippen molar-refractivity contribution >= 4 is 27.4 Å². The van der Waals surface area contributed by atoms with Crippen LogP contribution >= 0.6 is 0 Å². The van der Waals surface area contributed by atoms with Gasteiger partial charge >= 0.3 is 0 Å². The van der Waals surface area contributed by atoms with E-state index in [0.29, 0.717) is 11.3 Å². The molecule has 0 aliphatic heterocycles. The van der Waals surface area contributed by atoms with Gasteiger partial charge in [0.2, 0.25) is 15.9 Å². The van der Waals surface area contributed by atoms with E-state index in [-0.39, 0.29) is 10.7 Å². The standard InChI is InChI=1S/C18H20N2O4S/c1-12-7-9-17(10-8-12)25(23,24)20-13(2)18(22)19-16-6-4-5-15(11-16)14(3)21/h4-11,13,20H,1-3H3,(H,19,22)/t13-/m1/s1. The first kappa shape index (κ1) is 18.8. The minimum Gasteiger partial charge on any atom is -0.325 e. The third-order valence-electron chi connectivity index (χ3n) is 3.59. The first-order valence-corrected chi connectivity index (χ1v) is 9.18. The van der Waals surface area contributed by atoms with Gasteiger partial charge in [0.05, 0.1) is 10.9 Å². The highest BCUT2D eigenvalue weighted by molar-refractivity contribution is 7.89. The predicted octanol–water partition coefficient (Wildman–Crippen LogP) is 2.50. The highest BCUT2D eigenvalue weighted by Crippen LogP contribution is 2.13. The number of carbonyl (C=O) groups excluding carboxylic acids is 2. The van der Waals surface area contributed by atoms with Gasteiger partial charge in [-0.1, -0.05) is 29.8 Å². The number of hydrogen-bond donors (Lipinski definition) is 2. The van der Waals surface area contributed by atoms with E-state index in [1.807, 2.05) is 6.92 Å². The molecule has 2 aromatic rings. The van der Waals surface area contributed by atoms with Crippen molar-refractivity contribution < 1.29 is 18.0 Å². The molecule has 0 radical (unpaired) electrons. The molecule has 1 atom stereocenters. The van der Waals surface area contributed by atoms with Crippen LogP contribution in [0.25, 0.3) is 0 Å². The fourth-order valence-corrected chi connectivity index (χ4v) is 3.34. The third kappa shape index (κ3) is 4.98. The Labute approximate surface area is 147 Å². The highest BCUT2D eigenvalue weighted by Gasteiger charge is 2.22. The van der Waals surface area contributed by atoms with Gasteiger partial charge in [-0.25, -0.2) is 8.42 Å². The lowest BCUT2D eigenvalue weighted by Gasteiger charge is -2.15. The molecule has 2 aromatic carbocycles. The van der Waals surface area contributed by atoms with Crippen LogP contribution in [0.15, 0.2) is 53.4 Å². The van der Waals surface area contributed by atoms with E-state index in [4.69, 9.17) is 0 Å². The van der Waals surface area contributed by atoms with E-state index in [0.717, 1.165) is 5.56 Å². The predicted molar refractivity (Wildman–Crippen MR) is 96.0 cm³/mol. The van der Waals surface area contributed by atoms with Crippen LogP contribution < -0.4 is 10.0 Å². The van der Waals surface area contributed by atoms with E-state index >= 15 is 0 Å². The topological polar surface area (TPSA) is 92.3 Å². The van der Waals surface area contributed by atoms with Gasteiger partial charge in [-0.15, -0.1) is 0 Å². The molecule has 0 bridgehead atoms. The average Bonchev–Trinajstić information content (AvgIpc) is 2.55. The summed E-state index contributed by atoms with van der Waals surface area (Å²) in [4.78, 5) is 23.7. The molecular weight excluding hydrogens is 340 g/mol. The molecule has 2 N–H and O–H groups in total. The number of benzene rings is 2. The molecule has 7 heteroatoms. The summed E-state index contributed by atoms with van der Waals surface area (Å²) in [7, 11) is -3.80. The van der Waals surface area contributed by atoms with E-state index in [2.05, 4.69) is 10.0 Å². The quantitative estimate of drug-likeness (QED) is 0.774. The Morgan fingerprint density at radius 3 is 2.28 bits per heavy atom. The second-order valence-electron chi connectivity index (χ2n) is 5.78. The van der Waals surface area contributed by atoms with Crippen LogP contribution in [0.1, 0.15) is 29.8 Å². The van der Waals surface area contributed by atoms with Gasteiger partial charge in [0, 0.05) is 11.3 Å². The SMILES string of the molecule is CC(=O)c1cccc(NC(=O)[C@@H](C)NS(=O)(=O)c2ccc(C)cc2)c1. The van der Waals surface area contributed by atoms with Crippen LogP contribution in [0.5, 0.6) is 0 Å². The summed E-state index contributed by atoms with van der Waals surface area (Å²) >= 11 is 0. The Balaban J connectivity index is 2.08. The van der Waals surface area contributed by atoms with Gasteiger partial charge in [-0.2, -0.15) is 4.72 Å². The number of sulfonamides is 1. The molecule has 2 rings (SSSR count). The zero-order chi connectivity index (χ0) is 18.6. The first-order chi connectivity index (χ1) is 11.7. The maximum Gasteiger partial charge on any atom is 0.242 e. The number of carbonyl (C=O) groups is 2. The summed E-state index contributed by atoms with van der Waals surface area (Å²) < 4.78 is 27.0. The monoisotopic (exact) mass is 360 g/mol. The van der Waals surface area contributed by atoms with Crippen LogP contribution in [0, 0.1) is 6.92 Å². The lowest BCUT2D eigenvalue weighted by Crippen LogP contribution is -2.41. The minimum atomic E-state index is -3.80. The number of hydrogen-bond acceptors (Lipinski definition) is 4. The molecule has 132 valence electrons. The van der Waals surface area contributed by atoms with Crippen LogP contribution in [0.3, 0.4) is 0 Å². The van der Waals surface area contributed by atoms with Gasteiger partial charge in [0.15, 0.2) is 5.78 Å². The molecule has 0 fully saturated rings. The fourth-order valence-electron chi connectivity index (χ4n) is 2.14. The van der Waals surface area contributed by atoms with Crippen molar-refractivity contribution in [3.8, 4) is 0 Å². The van der Waals surface area contributed by atoms with E-state index in [9.17, 15) is 18.0 Å². The van der Waals surface area contributed by atoms with Gasteiger partial charge in [0.25, 0.3) is 0 Å². The molecule has 0 aliphatic carbocycles. The molecule has 0 unspecified atom stereocenters. The van der Waals surface area contributed by atoms with Crippen LogP contribution in [0.2, 0.25) is 0 Å². The van der Waals surface area contributed by atoms with Crippen molar-refractivity contribution in [1.29, 1.82) is 0 Å². The number of nitrogens with one attached hydrogen (secondary N) is 2. The summed E-state index contributed by atoms with van der Waals surface area (Å²) in [5.74, 6) is -0.638. The number of ketones is 1. The molecule has 25 heavy (non-hydrogen) atoms. The maximum absolute atomic E-state index is 12.3. The average molecular weight is 360 g/mol.